The number of benzene rings is 2. The standard InChI is InChI=1S/C20H20N2O2/c1-13-9-14-5-3-4-6-19(14)22(13)20(23)10-15-12-21-18-8-7-16(24-2)11-17(15)18/h3-8,11-13,21H,9-10H2,1-2H3. The van der Waals surface area contributed by atoms with Gasteiger partial charge in [-0.2, -0.15) is 0 Å². The topological polar surface area (TPSA) is 45.3 Å². The molecule has 1 N–H and O–H groups in total. The van der Waals surface area contributed by atoms with Crippen LogP contribution in [0.3, 0.4) is 0 Å². The van der Waals surface area contributed by atoms with E-state index < -0.39 is 0 Å². The van der Waals surface area contributed by atoms with Crippen LogP contribution in [-0.2, 0) is 17.6 Å². The minimum absolute atomic E-state index is 0.135. The smallest absolute Gasteiger partial charge is 0.231 e. The molecule has 1 atom stereocenters. The van der Waals surface area contributed by atoms with Crippen molar-refractivity contribution in [2.45, 2.75) is 25.8 Å². The minimum atomic E-state index is 0.135. The maximum Gasteiger partial charge on any atom is 0.231 e. The highest BCUT2D eigenvalue weighted by Crippen LogP contribution is 2.33. The number of hydrogen-bond donors (Lipinski definition) is 1. The lowest BCUT2D eigenvalue weighted by Crippen LogP contribution is -2.36. The summed E-state index contributed by atoms with van der Waals surface area (Å²) in [6.45, 7) is 2.11. The van der Waals surface area contributed by atoms with E-state index >= 15 is 0 Å². The molecular weight excluding hydrogens is 300 g/mol. The van der Waals surface area contributed by atoms with E-state index in [-0.39, 0.29) is 11.9 Å². The number of hydrogen-bond acceptors (Lipinski definition) is 2. The molecule has 0 saturated heterocycles. The van der Waals surface area contributed by atoms with Gasteiger partial charge in [-0.25, -0.2) is 0 Å². The van der Waals surface area contributed by atoms with Gasteiger partial charge in [0.25, 0.3) is 0 Å². The van der Waals surface area contributed by atoms with Crippen molar-refractivity contribution in [2.24, 2.45) is 0 Å². The van der Waals surface area contributed by atoms with Gasteiger partial charge in [-0.3, -0.25) is 4.79 Å². The molecule has 0 spiro atoms. The van der Waals surface area contributed by atoms with E-state index in [1.807, 2.05) is 47.5 Å². The van der Waals surface area contributed by atoms with Crippen LogP contribution >= 0.6 is 0 Å². The summed E-state index contributed by atoms with van der Waals surface area (Å²) >= 11 is 0. The molecule has 2 heterocycles. The number of H-pyrrole nitrogens is 1. The number of ether oxygens (including phenoxy) is 1. The van der Waals surface area contributed by atoms with Gasteiger partial charge in [0.05, 0.1) is 13.5 Å². The van der Waals surface area contributed by atoms with Crippen molar-refractivity contribution in [1.82, 2.24) is 4.98 Å². The van der Waals surface area contributed by atoms with E-state index in [2.05, 4.69) is 18.0 Å². The third kappa shape index (κ3) is 2.35. The molecule has 0 radical (unpaired) electrons. The van der Waals surface area contributed by atoms with Gasteiger partial charge in [0.15, 0.2) is 0 Å². The number of fused-ring (bicyclic) bond motifs is 2. The first-order chi connectivity index (χ1) is 11.7. The number of aromatic nitrogens is 1. The molecule has 0 saturated carbocycles. The van der Waals surface area contributed by atoms with Crippen molar-refractivity contribution in [2.75, 3.05) is 12.0 Å². The highest BCUT2D eigenvalue weighted by atomic mass is 16.5. The fourth-order valence-corrected chi connectivity index (χ4v) is 3.62. The van der Waals surface area contributed by atoms with Crippen LogP contribution in [0, 0.1) is 0 Å². The first-order valence-corrected chi connectivity index (χ1v) is 8.21. The molecule has 0 bridgehead atoms. The third-order valence-corrected chi connectivity index (χ3v) is 4.79. The Balaban J connectivity index is 1.65. The fraction of sp³-hybridized carbons (Fsp3) is 0.250. The van der Waals surface area contributed by atoms with Gasteiger partial charge < -0.3 is 14.6 Å². The molecule has 122 valence electrons. The molecule has 4 heteroatoms. The predicted octanol–water partition coefficient (Wildman–Crippen LogP) is 3.70. The molecule has 2 aromatic carbocycles. The molecular formula is C20H20N2O2. The van der Waals surface area contributed by atoms with Crippen molar-refractivity contribution in [3.8, 4) is 5.75 Å². The summed E-state index contributed by atoms with van der Waals surface area (Å²) in [6, 6.07) is 14.3. The number of rotatable bonds is 3. The number of nitrogens with one attached hydrogen (secondary N) is 1. The lowest BCUT2D eigenvalue weighted by Gasteiger charge is -2.22. The predicted molar refractivity (Wildman–Crippen MR) is 95.6 cm³/mol. The zero-order valence-electron chi connectivity index (χ0n) is 13.9. The van der Waals surface area contributed by atoms with Crippen LogP contribution in [-0.4, -0.2) is 24.0 Å². The van der Waals surface area contributed by atoms with E-state index in [0.717, 1.165) is 34.3 Å². The summed E-state index contributed by atoms with van der Waals surface area (Å²) in [7, 11) is 1.65. The van der Waals surface area contributed by atoms with Crippen molar-refractivity contribution < 1.29 is 9.53 Å². The minimum Gasteiger partial charge on any atom is -0.497 e. The highest BCUT2D eigenvalue weighted by molar-refractivity contribution is 5.99. The summed E-state index contributed by atoms with van der Waals surface area (Å²) in [5.41, 5.74) is 4.32. The summed E-state index contributed by atoms with van der Waals surface area (Å²) in [4.78, 5) is 18.1. The highest BCUT2D eigenvalue weighted by Gasteiger charge is 2.30. The van der Waals surface area contributed by atoms with Crippen LogP contribution in [0.1, 0.15) is 18.1 Å². The Bertz CT molecular complexity index is 913. The van der Waals surface area contributed by atoms with Gasteiger partial charge in [-0.15, -0.1) is 0 Å². The van der Waals surface area contributed by atoms with Gasteiger partial charge in [0.2, 0.25) is 5.91 Å². The van der Waals surface area contributed by atoms with Crippen molar-refractivity contribution in [1.29, 1.82) is 0 Å². The Morgan fingerprint density at radius 2 is 2.12 bits per heavy atom. The molecule has 0 aliphatic carbocycles. The third-order valence-electron chi connectivity index (χ3n) is 4.79. The van der Waals surface area contributed by atoms with E-state index in [1.165, 1.54) is 5.56 Å². The van der Waals surface area contributed by atoms with Crippen LogP contribution in [0.4, 0.5) is 5.69 Å². The Morgan fingerprint density at radius 1 is 1.29 bits per heavy atom. The van der Waals surface area contributed by atoms with Crippen LogP contribution in [0.5, 0.6) is 5.75 Å². The number of anilines is 1. The second kappa shape index (κ2) is 5.71. The number of amides is 1. The van der Waals surface area contributed by atoms with Gasteiger partial charge in [0, 0.05) is 28.8 Å². The first-order valence-electron chi connectivity index (χ1n) is 8.21. The Kier molecular flexibility index (Phi) is 3.53. The summed E-state index contributed by atoms with van der Waals surface area (Å²) < 4.78 is 5.31. The molecule has 3 aromatic rings. The second-order valence-electron chi connectivity index (χ2n) is 6.35. The average Bonchev–Trinajstić information content (AvgIpc) is 3.14. The zero-order chi connectivity index (χ0) is 16.7. The molecule has 1 unspecified atom stereocenters. The van der Waals surface area contributed by atoms with Gasteiger partial charge in [-0.05, 0) is 48.7 Å². The molecule has 4 rings (SSSR count). The Labute approximate surface area is 141 Å². The molecule has 1 aliphatic heterocycles. The molecule has 1 aromatic heterocycles. The number of methoxy groups -OCH3 is 1. The Hall–Kier alpha value is -2.75. The molecule has 1 aliphatic rings. The Morgan fingerprint density at radius 3 is 2.96 bits per heavy atom. The number of aromatic amines is 1. The lowest BCUT2D eigenvalue weighted by molar-refractivity contribution is -0.118. The maximum atomic E-state index is 13.0. The van der Waals surface area contributed by atoms with Gasteiger partial charge in [-0.1, -0.05) is 18.2 Å². The van der Waals surface area contributed by atoms with Crippen molar-refractivity contribution in [3.05, 3.63) is 59.8 Å². The van der Waals surface area contributed by atoms with Gasteiger partial charge >= 0.3 is 0 Å². The second-order valence-corrected chi connectivity index (χ2v) is 6.35. The summed E-state index contributed by atoms with van der Waals surface area (Å²) in [5.74, 6) is 0.937. The normalized spacial score (nSPS) is 16.4. The first kappa shape index (κ1) is 14.8. The molecule has 0 fully saturated rings. The van der Waals surface area contributed by atoms with Crippen LogP contribution in [0.25, 0.3) is 10.9 Å². The van der Waals surface area contributed by atoms with Crippen molar-refractivity contribution >= 4 is 22.5 Å². The fourth-order valence-electron chi connectivity index (χ4n) is 3.62. The average molecular weight is 320 g/mol. The molecule has 4 nitrogen and oxygen atoms in total. The van der Waals surface area contributed by atoms with E-state index in [0.29, 0.717) is 6.42 Å². The quantitative estimate of drug-likeness (QED) is 0.800. The summed E-state index contributed by atoms with van der Waals surface area (Å²) in [5, 5.41) is 1.04. The largest absolute Gasteiger partial charge is 0.497 e. The van der Waals surface area contributed by atoms with Crippen LogP contribution in [0.15, 0.2) is 48.7 Å². The number of para-hydroxylation sites is 1. The lowest BCUT2D eigenvalue weighted by atomic mass is 10.1. The van der Waals surface area contributed by atoms with E-state index in [4.69, 9.17) is 4.74 Å². The SMILES string of the molecule is COc1ccc2[nH]cc(CC(=O)N3c4ccccc4CC3C)c2c1. The van der Waals surface area contributed by atoms with Crippen LogP contribution in [0.2, 0.25) is 0 Å². The van der Waals surface area contributed by atoms with Crippen LogP contribution < -0.4 is 9.64 Å². The van der Waals surface area contributed by atoms with E-state index in [1.54, 1.807) is 7.11 Å². The van der Waals surface area contributed by atoms with Gasteiger partial charge in [0.1, 0.15) is 5.75 Å². The van der Waals surface area contributed by atoms with E-state index in [9.17, 15) is 4.79 Å². The number of carbonyl (C=O) groups is 1. The molecule has 24 heavy (non-hydrogen) atoms. The monoisotopic (exact) mass is 320 g/mol. The summed E-state index contributed by atoms with van der Waals surface area (Å²) in [6.07, 6.45) is 3.23. The molecule has 1 amide bonds. The zero-order valence-corrected chi connectivity index (χ0v) is 13.9. The van der Waals surface area contributed by atoms with Crippen molar-refractivity contribution in [3.63, 3.8) is 0 Å². The number of nitrogens with zero attached hydrogens (tertiary/aromatic N) is 1. The number of carbonyl (C=O) groups excluding carboxylic acids is 1. The maximum absolute atomic E-state index is 13.0.